The summed E-state index contributed by atoms with van der Waals surface area (Å²) < 4.78 is 11.1. The summed E-state index contributed by atoms with van der Waals surface area (Å²) in [5.74, 6) is -0.496. The van der Waals surface area contributed by atoms with Crippen LogP contribution in [0.15, 0.2) is 0 Å². The summed E-state index contributed by atoms with van der Waals surface area (Å²) in [5.41, 5.74) is 0. The number of ether oxygens (including phenoxy) is 2. The highest BCUT2D eigenvalue weighted by Crippen LogP contribution is 2.20. The van der Waals surface area contributed by atoms with Crippen LogP contribution in [0.2, 0.25) is 0 Å². The molecule has 7 heteroatoms. The van der Waals surface area contributed by atoms with Gasteiger partial charge in [-0.05, 0) is 41.0 Å². The average Bonchev–Trinajstić information content (AvgIpc) is 2.93. The highest BCUT2D eigenvalue weighted by atomic mass is 16.5. The molecule has 0 saturated heterocycles. The number of hydrogen-bond donors (Lipinski definition) is 0. The number of hydrogen-bond acceptors (Lipinski definition) is 7. The molecule has 0 aliphatic heterocycles. The zero-order valence-corrected chi connectivity index (χ0v) is 28.9. The van der Waals surface area contributed by atoms with Crippen LogP contribution in [0.25, 0.3) is 0 Å². The van der Waals surface area contributed by atoms with E-state index < -0.39 is 0 Å². The van der Waals surface area contributed by atoms with Gasteiger partial charge >= 0.3 is 11.9 Å². The van der Waals surface area contributed by atoms with Crippen molar-refractivity contribution in [1.29, 1.82) is 0 Å². The first-order valence-corrected chi connectivity index (χ1v) is 17.6. The van der Waals surface area contributed by atoms with Crippen molar-refractivity contribution in [2.75, 3.05) is 67.6 Å². The van der Waals surface area contributed by atoms with E-state index >= 15 is 0 Å². The molecule has 42 heavy (non-hydrogen) atoms. The predicted octanol–water partition coefficient (Wildman–Crippen LogP) is 7.71. The monoisotopic (exact) mass is 598 g/mol. The van der Waals surface area contributed by atoms with Gasteiger partial charge in [0, 0.05) is 19.1 Å². The van der Waals surface area contributed by atoms with Crippen LogP contribution >= 0.6 is 0 Å². The molecule has 0 spiro atoms. The van der Waals surface area contributed by atoms with Gasteiger partial charge in [0.05, 0.1) is 13.1 Å². The Hall–Kier alpha value is -1.18. The number of esters is 2. The standard InChI is InChI=1S/C35H71N3O4/c1-7-9-11-13-15-17-19-21-23-25-33(26-24-22-20-18-16-14-12-10-8-2)38(31-34(39)41-29-27-36(3)4)32-35(40)42-30-28-37(5)6/h33H,7-32H2,1-6H3. The molecular formula is C35H71N3O4. The molecule has 7 nitrogen and oxygen atoms in total. The van der Waals surface area contributed by atoms with E-state index in [1.807, 2.05) is 38.0 Å². The second-order valence-electron chi connectivity index (χ2n) is 12.8. The van der Waals surface area contributed by atoms with E-state index in [0.29, 0.717) is 26.3 Å². The molecule has 0 aromatic rings. The van der Waals surface area contributed by atoms with Crippen LogP contribution in [-0.2, 0) is 19.1 Å². The summed E-state index contributed by atoms with van der Waals surface area (Å²) in [6, 6.07) is 0.196. The molecule has 0 radical (unpaired) electrons. The normalized spacial score (nSPS) is 11.8. The number of unbranched alkanes of at least 4 members (excludes halogenated alkanes) is 16. The van der Waals surface area contributed by atoms with Crippen molar-refractivity contribution in [1.82, 2.24) is 14.7 Å². The minimum atomic E-state index is -0.248. The quantitative estimate of drug-likeness (QED) is 0.0599. The van der Waals surface area contributed by atoms with Crippen molar-refractivity contribution in [2.45, 2.75) is 148 Å². The number of nitrogens with zero attached hydrogens (tertiary/aromatic N) is 3. The maximum atomic E-state index is 12.8. The lowest BCUT2D eigenvalue weighted by Gasteiger charge is -2.30. The topological polar surface area (TPSA) is 62.3 Å². The van der Waals surface area contributed by atoms with Crippen molar-refractivity contribution in [3.63, 3.8) is 0 Å². The third kappa shape index (κ3) is 27.6. The molecule has 0 fully saturated rings. The summed E-state index contributed by atoms with van der Waals surface area (Å²) in [6.45, 7) is 6.95. The SMILES string of the molecule is CCCCCCCCCCCC(CCCCCCCCCCC)N(CC(=O)OCCN(C)C)CC(=O)OCCN(C)C. The second kappa shape index (κ2) is 29.9. The highest BCUT2D eigenvalue weighted by Gasteiger charge is 2.24. The van der Waals surface area contributed by atoms with Crippen LogP contribution in [0.3, 0.4) is 0 Å². The second-order valence-corrected chi connectivity index (χ2v) is 12.8. The molecule has 0 unspecified atom stereocenters. The third-order valence-electron chi connectivity index (χ3n) is 8.07. The molecule has 0 saturated carbocycles. The van der Waals surface area contributed by atoms with E-state index in [9.17, 15) is 9.59 Å². The number of rotatable bonds is 31. The van der Waals surface area contributed by atoms with Crippen LogP contribution in [0.4, 0.5) is 0 Å². The first kappa shape index (κ1) is 40.8. The van der Waals surface area contributed by atoms with Gasteiger partial charge in [0.1, 0.15) is 13.2 Å². The molecular weight excluding hydrogens is 526 g/mol. The van der Waals surface area contributed by atoms with Crippen LogP contribution in [0, 0.1) is 0 Å². The summed E-state index contributed by atoms with van der Waals surface area (Å²) in [5, 5.41) is 0. The number of carbonyl (C=O) groups is 2. The van der Waals surface area contributed by atoms with Crippen LogP contribution in [0.1, 0.15) is 142 Å². The minimum absolute atomic E-state index is 0.149. The molecule has 0 aromatic carbocycles. The molecule has 0 N–H and O–H groups in total. The van der Waals surface area contributed by atoms with E-state index in [1.54, 1.807) is 0 Å². The zero-order chi connectivity index (χ0) is 31.3. The van der Waals surface area contributed by atoms with Gasteiger partial charge in [-0.2, -0.15) is 0 Å². The lowest BCUT2D eigenvalue weighted by Crippen LogP contribution is -2.44. The van der Waals surface area contributed by atoms with Crippen LogP contribution < -0.4 is 0 Å². The van der Waals surface area contributed by atoms with Gasteiger partial charge in [-0.1, -0.05) is 129 Å². The average molecular weight is 598 g/mol. The number of carbonyl (C=O) groups excluding carboxylic acids is 2. The van der Waals surface area contributed by atoms with Crippen LogP contribution in [0.5, 0.6) is 0 Å². The molecule has 0 aromatic heterocycles. The Morgan fingerprint density at radius 1 is 0.500 bits per heavy atom. The maximum Gasteiger partial charge on any atom is 0.320 e. The molecule has 0 bridgehead atoms. The summed E-state index contributed by atoms with van der Waals surface area (Å²) in [4.78, 5) is 31.7. The van der Waals surface area contributed by atoms with E-state index in [1.165, 1.54) is 103 Å². The Bertz CT molecular complexity index is 565. The van der Waals surface area contributed by atoms with E-state index in [-0.39, 0.29) is 31.1 Å². The molecule has 0 heterocycles. The van der Waals surface area contributed by atoms with E-state index in [0.717, 1.165) is 25.7 Å². The summed E-state index contributed by atoms with van der Waals surface area (Å²) in [7, 11) is 7.87. The van der Waals surface area contributed by atoms with Gasteiger partial charge in [0.15, 0.2) is 0 Å². The van der Waals surface area contributed by atoms with Gasteiger partial charge in [-0.3, -0.25) is 14.5 Å². The first-order chi connectivity index (χ1) is 20.3. The van der Waals surface area contributed by atoms with E-state index in [4.69, 9.17) is 9.47 Å². The Balaban J connectivity index is 5.06. The van der Waals surface area contributed by atoms with Crippen molar-refractivity contribution in [2.24, 2.45) is 0 Å². The molecule has 0 aliphatic carbocycles. The fraction of sp³-hybridized carbons (Fsp3) is 0.943. The van der Waals surface area contributed by atoms with Crippen molar-refractivity contribution in [3.8, 4) is 0 Å². The van der Waals surface area contributed by atoms with Crippen molar-refractivity contribution in [3.05, 3.63) is 0 Å². The van der Waals surface area contributed by atoms with Gasteiger partial charge in [-0.15, -0.1) is 0 Å². The third-order valence-corrected chi connectivity index (χ3v) is 8.07. The molecule has 0 rings (SSSR count). The molecule has 0 aliphatic rings. The van der Waals surface area contributed by atoms with Gasteiger partial charge in [0.25, 0.3) is 0 Å². The van der Waals surface area contributed by atoms with Gasteiger partial charge < -0.3 is 19.3 Å². The zero-order valence-electron chi connectivity index (χ0n) is 28.9. The van der Waals surface area contributed by atoms with Crippen molar-refractivity contribution >= 4 is 11.9 Å². The van der Waals surface area contributed by atoms with Gasteiger partial charge in [0.2, 0.25) is 0 Å². The predicted molar refractivity (Wildman–Crippen MR) is 178 cm³/mol. The summed E-state index contributed by atoms with van der Waals surface area (Å²) >= 11 is 0. The number of likely N-dealkylation sites (N-methyl/N-ethyl adjacent to an activating group) is 2. The first-order valence-electron chi connectivity index (χ1n) is 17.6. The lowest BCUT2D eigenvalue weighted by molar-refractivity contribution is -0.150. The Morgan fingerprint density at radius 3 is 1.12 bits per heavy atom. The Labute approximate surface area is 261 Å². The summed E-state index contributed by atoms with van der Waals surface area (Å²) in [6.07, 6.45) is 25.3. The fourth-order valence-electron chi connectivity index (χ4n) is 5.31. The van der Waals surface area contributed by atoms with E-state index in [2.05, 4.69) is 18.7 Å². The van der Waals surface area contributed by atoms with Crippen LogP contribution in [-0.4, -0.2) is 100 Å². The fourth-order valence-corrected chi connectivity index (χ4v) is 5.31. The smallest absolute Gasteiger partial charge is 0.320 e. The largest absolute Gasteiger partial charge is 0.463 e. The molecule has 250 valence electrons. The Kier molecular flexibility index (Phi) is 29.0. The lowest BCUT2D eigenvalue weighted by atomic mass is 9.98. The molecule has 0 amide bonds. The minimum Gasteiger partial charge on any atom is -0.463 e. The van der Waals surface area contributed by atoms with Crippen molar-refractivity contribution < 1.29 is 19.1 Å². The Morgan fingerprint density at radius 2 is 0.810 bits per heavy atom. The maximum absolute atomic E-state index is 12.8. The highest BCUT2D eigenvalue weighted by molar-refractivity contribution is 5.75. The molecule has 0 atom stereocenters. The van der Waals surface area contributed by atoms with Gasteiger partial charge in [-0.25, -0.2) is 0 Å².